The molecule has 1 amide bonds. The molecule has 1 aliphatic heterocycles. The Labute approximate surface area is 153 Å². The number of ether oxygens (including phenoxy) is 1. The van der Waals surface area contributed by atoms with E-state index in [0.717, 1.165) is 11.1 Å². The quantitative estimate of drug-likeness (QED) is 0.776. The van der Waals surface area contributed by atoms with Gasteiger partial charge in [-0.2, -0.15) is 5.10 Å². The first kappa shape index (κ1) is 17.9. The van der Waals surface area contributed by atoms with Crippen LogP contribution in [-0.4, -0.2) is 28.7 Å². The molecule has 134 valence electrons. The van der Waals surface area contributed by atoms with Crippen molar-refractivity contribution in [3.63, 3.8) is 0 Å². The van der Waals surface area contributed by atoms with Crippen LogP contribution in [0.1, 0.15) is 37.3 Å². The van der Waals surface area contributed by atoms with Gasteiger partial charge < -0.3 is 4.74 Å². The van der Waals surface area contributed by atoms with Crippen molar-refractivity contribution in [2.24, 2.45) is 5.10 Å². The molecular formula is C21H22N2O3. The van der Waals surface area contributed by atoms with Gasteiger partial charge in [0.15, 0.2) is 0 Å². The zero-order valence-corrected chi connectivity index (χ0v) is 15.0. The number of carbonyl (C=O) groups excluding carboxylic acids is 2. The minimum atomic E-state index is -0.466. The molecule has 2 aromatic carbocycles. The molecule has 0 aliphatic carbocycles. The molecule has 2 aromatic rings. The summed E-state index contributed by atoms with van der Waals surface area (Å²) in [6.45, 7) is 3.91. The molecule has 3 rings (SSSR count). The van der Waals surface area contributed by atoms with Gasteiger partial charge in [-0.15, -0.1) is 0 Å². The molecule has 0 radical (unpaired) electrons. The van der Waals surface area contributed by atoms with Crippen molar-refractivity contribution in [1.29, 1.82) is 0 Å². The maximum Gasteiger partial charge on any atom is 0.354 e. The van der Waals surface area contributed by atoms with E-state index in [2.05, 4.69) is 5.10 Å². The summed E-state index contributed by atoms with van der Waals surface area (Å²) >= 11 is 0. The molecule has 0 fully saturated rings. The summed E-state index contributed by atoms with van der Waals surface area (Å²) in [5.41, 5.74) is 2.11. The van der Waals surface area contributed by atoms with E-state index in [-0.39, 0.29) is 24.1 Å². The number of hydrazone groups is 1. The third-order valence-electron chi connectivity index (χ3n) is 4.15. The molecule has 0 aromatic heterocycles. The molecule has 1 heterocycles. The largest absolute Gasteiger partial charge is 0.458 e. The second-order valence-corrected chi connectivity index (χ2v) is 6.55. The van der Waals surface area contributed by atoms with Crippen molar-refractivity contribution < 1.29 is 14.3 Å². The standard InChI is InChI=1S/C21H22N2O3/c1-15(2)26-21(25)19-13-18(17-11-7-4-8-12-17)20(24)23(22-19)14-16-9-5-3-6-10-16/h3-12,15,18H,13-14H2,1-2H3. The summed E-state index contributed by atoms with van der Waals surface area (Å²) in [5, 5.41) is 5.70. The highest BCUT2D eigenvalue weighted by Crippen LogP contribution is 2.28. The molecule has 26 heavy (non-hydrogen) atoms. The third kappa shape index (κ3) is 4.17. The third-order valence-corrected chi connectivity index (χ3v) is 4.15. The monoisotopic (exact) mass is 350 g/mol. The molecule has 1 aliphatic rings. The molecule has 0 spiro atoms. The lowest BCUT2D eigenvalue weighted by Crippen LogP contribution is -2.40. The van der Waals surface area contributed by atoms with Crippen LogP contribution in [-0.2, 0) is 20.9 Å². The minimum absolute atomic E-state index is 0.110. The normalized spacial score (nSPS) is 17.2. The second-order valence-electron chi connectivity index (χ2n) is 6.55. The van der Waals surface area contributed by atoms with Crippen LogP contribution in [0.2, 0.25) is 0 Å². The minimum Gasteiger partial charge on any atom is -0.458 e. The highest BCUT2D eigenvalue weighted by atomic mass is 16.5. The van der Waals surface area contributed by atoms with Crippen LogP contribution in [0.4, 0.5) is 0 Å². The topological polar surface area (TPSA) is 59.0 Å². The first-order valence-electron chi connectivity index (χ1n) is 8.73. The van der Waals surface area contributed by atoms with E-state index >= 15 is 0 Å². The Kier molecular flexibility index (Phi) is 5.46. The van der Waals surface area contributed by atoms with Gasteiger partial charge in [-0.3, -0.25) is 4.79 Å². The second kappa shape index (κ2) is 7.95. The molecule has 5 heteroatoms. The van der Waals surface area contributed by atoms with Gasteiger partial charge in [-0.1, -0.05) is 60.7 Å². The zero-order valence-electron chi connectivity index (χ0n) is 15.0. The number of esters is 1. The SMILES string of the molecule is CC(C)OC(=O)C1=NN(Cc2ccccc2)C(=O)C(c2ccccc2)C1. The Morgan fingerprint density at radius 3 is 2.35 bits per heavy atom. The first-order valence-corrected chi connectivity index (χ1v) is 8.73. The lowest BCUT2D eigenvalue weighted by atomic mass is 9.91. The highest BCUT2D eigenvalue weighted by molar-refractivity contribution is 6.37. The molecule has 0 saturated heterocycles. The van der Waals surface area contributed by atoms with Crippen LogP contribution in [0.25, 0.3) is 0 Å². The Balaban J connectivity index is 1.91. The highest BCUT2D eigenvalue weighted by Gasteiger charge is 2.35. The number of hydrogen-bond acceptors (Lipinski definition) is 4. The Morgan fingerprint density at radius 1 is 1.12 bits per heavy atom. The summed E-state index contributed by atoms with van der Waals surface area (Å²) in [6, 6.07) is 19.1. The van der Waals surface area contributed by atoms with E-state index in [1.807, 2.05) is 60.7 Å². The molecule has 0 saturated carbocycles. The lowest BCUT2D eigenvalue weighted by molar-refractivity contribution is -0.140. The fourth-order valence-corrected chi connectivity index (χ4v) is 2.92. The van der Waals surface area contributed by atoms with Gasteiger partial charge >= 0.3 is 5.97 Å². The van der Waals surface area contributed by atoms with Crippen LogP contribution in [0.15, 0.2) is 65.8 Å². The van der Waals surface area contributed by atoms with Gasteiger partial charge in [0.25, 0.3) is 5.91 Å². The zero-order chi connectivity index (χ0) is 18.5. The summed E-state index contributed by atoms with van der Waals surface area (Å²) in [7, 11) is 0. The molecule has 5 nitrogen and oxygen atoms in total. The van der Waals surface area contributed by atoms with Gasteiger partial charge in [0.05, 0.1) is 18.6 Å². The van der Waals surface area contributed by atoms with E-state index in [9.17, 15) is 9.59 Å². The fraction of sp³-hybridized carbons (Fsp3) is 0.286. The van der Waals surface area contributed by atoms with Crippen LogP contribution in [0.5, 0.6) is 0 Å². The average Bonchev–Trinajstić information content (AvgIpc) is 2.64. The maximum atomic E-state index is 13.0. The van der Waals surface area contributed by atoms with Crippen molar-refractivity contribution in [1.82, 2.24) is 5.01 Å². The number of amides is 1. The Hall–Kier alpha value is -2.95. The van der Waals surface area contributed by atoms with Crippen LogP contribution in [0.3, 0.4) is 0 Å². The van der Waals surface area contributed by atoms with Gasteiger partial charge in [0, 0.05) is 6.42 Å². The summed E-state index contributed by atoms with van der Waals surface area (Å²) in [4.78, 5) is 25.4. The maximum absolute atomic E-state index is 13.0. The molecule has 1 unspecified atom stereocenters. The number of benzene rings is 2. The number of rotatable bonds is 5. The summed E-state index contributed by atoms with van der Waals surface area (Å²) in [6.07, 6.45) is 0.0141. The van der Waals surface area contributed by atoms with Crippen molar-refractivity contribution in [2.75, 3.05) is 0 Å². The predicted molar refractivity (Wildman–Crippen MR) is 99.5 cm³/mol. The van der Waals surface area contributed by atoms with Crippen molar-refractivity contribution in [3.8, 4) is 0 Å². The average molecular weight is 350 g/mol. The smallest absolute Gasteiger partial charge is 0.354 e. The number of hydrogen-bond donors (Lipinski definition) is 0. The van der Waals surface area contributed by atoms with Crippen LogP contribution in [0, 0.1) is 0 Å². The van der Waals surface area contributed by atoms with Gasteiger partial charge in [0.2, 0.25) is 0 Å². The lowest BCUT2D eigenvalue weighted by Gasteiger charge is -2.29. The summed E-state index contributed by atoms with van der Waals surface area (Å²) < 4.78 is 5.30. The van der Waals surface area contributed by atoms with E-state index in [1.165, 1.54) is 5.01 Å². The van der Waals surface area contributed by atoms with Gasteiger partial charge in [-0.05, 0) is 25.0 Å². The summed E-state index contributed by atoms with van der Waals surface area (Å²) in [5.74, 6) is -1.01. The van der Waals surface area contributed by atoms with E-state index in [0.29, 0.717) is 6.54 Å². The molecule has 0 N–H and O–H groups in total. The van der Waals surface area contributed by atoms with Crippen molar-refractivity contribution in [3.05, 3.63) is 71.8 Å². The first-order chi connectivity index (χ1) is 12.5. The Morgan fingerprint density at radius 2 is 1.73 bits per heavy atom. The molecular weight excluding hydrogens is 328 g/mol. The van der Waals surface area contributed by atoms with E-state index in [1.54, 1.807) is 13.8 Å². The van der Waals surface area contributed by atoms with Crippen LogP contribution < -0.4 is 0 Å². The number of nitrogens with zero attached hydrogens (tertiary/aromatic N) is 2. The fourth-order valence-electron chi connectivity index (χ4n) is 2.92. The molecule has 1 atom stereocenters. The Bertz CT molecular complexity index is 801. The van der Waals surface area contributed by atoms with Gasteiger partial charge in [0.1, 0.15) is 5.71 Å². The van der Waals surface area contributed by atoms with Crippen LogP contribution >= 0.6 is 0 Å². The van der Waals surface area contributed by atoms with E-state index < -0.39 is 11.9 Å². The van der Waals surface area contributed by atoms with Crippen molar-refractivity contribution >= 4 is 17.6 Å². The van der Waals surface area contributed by atoms with E-state index in [4.69, 9.17) is 4.74 Å². The molecule has 0 bridgehead atoms. The van der Waals surface area contributed by atoms with Gasteiger partial charge in [-0.25, -0.2) is 9.80 Å². The number of carbonyl (C=O) groups is 2. The van der Waals surface area contributed by atoms with Crippen molar-refractivity contribution in [2.45, 2.75) is 38.8 Å². The predicted octanol–water partition coefficient (Wildman–Crippen LogP) is 3.51.